The molecule has 1 atom stereocenters. The SMILES string of the molecule is O[C@@H](c1ccccn1)C1CCN(Cc2nc3c(s2)CCCC3)CC1. The highest BCUT2D eigenvalue weighted by Gasteiger charge is 2.27. The van der Waals surface area contributed by atoms with E-state index in [2.05, 4.69) is 9.88 Å². The third-order valence-electron chi connectivity index (χ3n) is 5.32. The van der Waals surface area contributed by atoms with E-state index < -0.39 is 6.10 Å². The van der Waals surface area contributed by atoms with Crippen molar-refractivity contribution in [3.8, 4) is 0 Å². The maximum Gasteiger partial charge on any atom is 0.107 e. The zero-order valence-corrected chi connectivity index (χ0v) is 14.8. The quantitative estimate of drug-likeness (QED) is 0.925. The van der Waals surface area contributed by atoms with Gasteiger partial charge in [0.05, 0.1) is 24.0 Å². The molecule has 2 aromatic rings. The van der Waals surface area contributed by atoms with Gasteiger partial charge in [0.15, 0.2) is 0 Å². The van der Waals surface area contributed by atoms with Crippen molar-refractivity contribution >= 4 is 11.3 Å². The van der Waals surface area contributed by atoms with E-state index in [1.54, 1.807) is 6.20 Å². The van der Waals surface area contributed by atoms with E-state index in [0.29, 0.717) is 5.92 Å². The highest BCUT2D eigenvalue weighted by Crippen LogP contribution is 2.31. The predicted molar refractivity (Wildman–Crippen MR) is 96.0 cm³/mol. The van der Waals surface area contributed by atoms with Crippen molar-refractivity contribution in [2.24, 2.45) is 5.92 Å². The van der Waals surface area contributed by atoms with Gasteiger partial charge in [0, 0.05) is 11.1 Å². The lowest BCUT2D eigenvalue weighted by Gasteiger charge is -2.33. The molecule has 2 aromatic heterocycles. The number of piperidine rings is 1. The van der Waals surface area contributed by atoms with E-state index in [1.165, 1.54) is 41.3 Å². The first-order valence-corrected chi connectivity index (χ1v) is 9.90. The minimum atomic E-state index is -0.430. The fraction of sp³-hybridized carbons (Fsp3) is 0.579. The number of fused-ring (bicyclic) bond motifs is 1. The lowest BCUT2D eigenvalue weighted by Crippen LogP contribution is -2.35. The number of aryl methyl sites for hydroxylation is 2. The highest BCUT2D eigenvalue weighted by molar-refractivity contribution is 7.11. The first kappa shape index (κ1) is 16.2. The summed E-state index contributed by atoms with van der Waals surface area (Å²) in [6.07, 6.45) is 8.41. The maximum atomic E-state index is 10.5. The molecule has 2 aliphatic rings. The van der Waals surface area contributed by atoms with E-state index in [4.69, 9.17) is 4.98 Å². The number of aliphatic hydroxyl groups is 1. The Balaban J connectivity index is 1.32. The van der Waals surface area contributed by atoms with Gasteiger partial charge in [-0.1, -0.05) is 6.07 Å². The Morgan fingerprint density at radius 1 is 1.21 bits per heavy atom. The van der Waals surface area contributed by atoms with Gasteiger partial charge >= 0.3 is 0 Å². The molecule has 0 bridgehead atoms. The summed E-state index contributed by atoms with van der Waals surface area (Å²) < 4.78 is 0. The van der Waals surface area contributed by atoms with Crippen molar-refractivity contribution in [3.05, 3.63) is 45.7 Å². The Kier molecular flexibility index (Phi) is 4.92. The molecule has 4 rings (SSSR count). The van der Waals surface area contributed by atoms with Crippen LogP contribution in [0.1, 0.15) is 53.1 Å². The monoisotopic (exact) mass is 343 g/mol. The normalized spacial score (nSPS) is 20.7. The molecule has 0 aromatic carbocycles. The third-order valence-corrected chi connectivity index (χ3v) is 6.46. The molecule has 1 saturated heterocycles. The summed E-state index contributed by atoms with van der Waals surface area (Å²) in [7, 11) is 0. The van der Waals surface area contributed by atoms with Crippen molar-refractivity contribution in [2.45, 2.75) is 51.2 Å². The van der Waals surface area contributed by atoms with E-state index >= 15 is 0 Å². The number of aromatic nitrogens is 2. The summed E-state index contributed by atoms with van der Waals surface area (Å²) in [5.41, 5.74) is 2.17. The van der Waals surface area contributed by atoms with Gasteiger partial charge in [-0.3, -0.25) is 9.88 Å². The van der Waals surface area contributed by atoms with Crippen LogP contribution in [0.3, 0.4) is 0 Å². The molecule has 1 fully saturated rings. The van der Waals surface area contributed by atoms with Crippen molar-refractivity contribution in [2.75, 3.05) is 13.1 Å². The van der Waals surface area contributed by atoms with Crippen LogP contribution in [0.2, 0.25) is 0 Å². The number of hydrogen-bond acceptors (Lipinski definition) is 5. The molecule has 1 N–H and O–H groups in total. The largest absolute Gasteiger partial charge is 0.387 e. The molecule has 0 radical (unpaired) electrons. The Labute approximate surface area is 147 Å². The highest BCUT2D eigenvalue weighted by atomic mass is 32.1. The summed E-state index contributed by atoms with van der Waals surface area (Å²) in [5.74, 6) is 0.320. The van der Waals surface area contributed by atoms with Crippen LogP contribution in [-0.2, 0) is 19.4 Å². The van der Waals surface area contributed by atoms with Crippen LogP contribution in [0.25, 0.3) is 0 Å². The molecule has 1 aliphatic heterocycles. The van der Waals surface area contributed by atoms with Crippen LogP contribution in [0.15, 0.2) is 24.4 Å². The number of rotatable bonds is 4. The van der Waals surface area contributed by atoms with Gasteiger partial charge in [-0.25, -0.2) is 4.98 Å². The number of nitrogens with zero attached hydrogens (tertiary/aromatic N) is 3. The average Bonchev–Trinajstić information content (AvgIpc) is 3.05. The Morgan fingerprint density at radius 3 is 2.79 bits per heavy atom. The number of aliphatic hydroxyl groups excluding tert-OH is 1. The molecule has 0 amide bonds. The molecule has 3 heterocycles. The standard InChI is InChI=1S/C19H25N3OS/c23-19(16-6-3-4-10-20-16)14-8-11-22(12-9-14)13-18-21-15-5-1-2-7-17(15)24-18/h3-4,6,10,14,19,23H,1-2,5,7-9,11-13H2/t19-/m1/s1. The van der Waals surface area contributed by atoms with Gasteiger partial charge in [0.2, 0.25) is 0 Å². The lowest BCUT2D eigenvalue weighted by molar-refractivity contribution is 0.0539. The van der Waals surface area contributed by atoms with Crippen molar-refractivity contribution in [3.63, 3.8) is 0 Å². The van der Waals surface area contributed by atoms with Crippen LogP contribution in [0.4, 0.5) is 0 Å². The van der Waals surface area contributed by atoms with Gasteiger partial charge in [0.25, 0.3) is 0 Å². The molecule has 24 heavy (non-hydrogen) atoms. The Morgan fingerprint density at radius 2 is 2.04 bits per heavy atom. The second-order valence-corrected chi connectivity index (χ2v) is 8.17. The number of likely N-dealkylation sites (tertiary alicyclic amines) is 1. The maximum absolute atomic E-state index is 10.5. The van der Waals surface area contributed by atoms with E-state index in [-0.39, 0.29) is 0 Å². The van der Waals surface area contributed by atoms with Crippen LogP contribution >= 0.6 is 11.3 Å². The van der Waals surface area contributed by atoms with Crippen LogP contribution in [0.5, 0.6) is 0 Å². The van der Waals surface area contributed by atoms with Crippen molar-refractivity contribution in [1.82, 2.24) is 14.9 Å². The van der Waals surface area contributed by atoms with E-state index in [1.807, 2.05) is 29.5 Å². The molecule has 0 saturated carbocycles. The molecule has 5 heteroatoms. The fourth-order valence-corrected chi connectivity index (χ4v) is 5.08. The molecule has 4 nitrogen and oxygen atoms in total. The summed E-state index contributed by atoms with van der Waals surface area (Å²) >= 11 is 1.92. The number of pyridine rings is 1. The Hall–Kier alpha value is -1.30. The molecule has 1 aliphatic carbocycles. The molecular formula is C19H25N3OS. The fourth-order valence-electron chi connectivity index (χ4n) is 3.88. The van der Waals surface area contributed by atoms with E-state index in [9.17, 15) is 5.11 Å². The average molecular weight is 343 g/mol. The first-order chi connectivity index (χ1) is 11.8. The van der Waals surface area contributed by atoms with Crippen LogP contribution < -0.4 is 0 Å². The first-order valence-electron chi connectivity index (χ1n) is 9.08. The van der Waals surface area contributed by atoms with Crippen LogP contribution in [-0.4, -0.2) is 33.1 Å². The summed E-state index contributed by atoms with van der Waals surface area (Å²) in [5, 5.41) is 11.8. The molecule has 0 spiro atoms. The zero-order chi connectivity index (χ0) is 16.4. The van der Waals surface area contributed by atoms with Crippen LogP contribution in [0, 0.1) is 5.92 Å². The lowest BCUT2D eigenvalue weighted by atomic mass is 9.89. The summed E-state index contributed by atoms with van der Waals surface area (Å²) in [4.78, 5) is 13.2. The second-order valence-electron chi connectivity index (χ2n) is 7.00. The van der Waals surface area contributed by atoms with Gasteiger partial charge in [0.1, 0.15) is 5.01 Å². The van der Waals surface area contributed by atoms with Crippen molar-refractivity contribution < 1.29 is 5.11 Å². The summed E-state index contributed by atoms with van der Waals surface area (Å²) in [6, 6.07) is 5.77. The van der Waals surface area contributed by atoms with Gasteiger partial charge in [-0.2, -0.15) is 0 Å². The molecule has 0 unspecified atom stereocenters. The smallest absolute Gasteiger partial charge is 0.107 e. The Bertz CT molecular complexity index is 641. The molecule has 128 valence electrons. The number of thiazole rings is 1. The third kappa shape index (κ3) is 3.53. The minimum absolute atomic E-state index is 0.320. The van der Waals surface area contributed by atoms with Gasteiger partial charge < -0.3 is 5.11 Å². The second kappa shape index (κ2) is 7.30. The summed E-state index contributed by atoms with van der Waals surface area (Å²) in [6.45, 7) is 3.06. The van der Waals surface area contributed by atoms with E-state index in [0.717, 1.165) is 38.2 Å². The molecular weight excluding hydrogens is 318 g/mol. The zero-order valence-electron chi connectivity index (χ0n) is 14.0. The minimum Gasteiger partial charge on any atom is -0.387 e. The topological polar surface area (TPSA) is 49.3 Å². The van der Waals surface area contributed by atoms with Crippen molar-refractivity contribution in [1.29, 1.82) is 0 Å². The predicted octanol–water partition coefficient (Wildman–Crippen LogP) is 3.36. The van der Waals surface area contributed by atoms with Gasteiger partial charge in [-0.15, -0.1) is 11.3 Å². The number of hydrogen-bond donors (Lipinski definition) is 1. The van der Waals surface area contributed by atoms with Gasteiger partial charge in [-0.05, 0) is 69.7 Å².